The maximum absolute atomic E-state index is 12.1. The normalized spacial score (nSPS) is 22.6. The van der Waals surface area contributed by atoms with E-state index in [0.717, 1.165) is 0 Å². The Kier molecular flexibility index (Phi) is 3.21. The minimum absolute atomic E-state index is 0.0805. The molecule has 1 aliphatic heterocycles. The van der Waals surface area contributed by atoms with Gasteiger partial charge in [0, 0.05) is 6.54 Å². The van der Waals surface area contributed by atoms with E-state index in [9.17, 15) is 22.8 Å². The maximum Gasteiger partial charge on any atom is 0.471 e. The molecule has 1 atom stereocenters. The second-order valence-electron chi connectivity index (χ2n) is 3.35. The topological polar surface area (TPSA) is 57.6 Å². The molecule has 4 nitrogen and oxygen atoms in total. The Bertz CT molecular complexity index is 277. The molecule has 1 saturated heterocycles. The fourth-order valence-electron chi connectivity index (χ4n) is 1.59. The molecule has 1 heterocycles. The van der Waals surface area contributed by atoms with Gasteiger partial charge in [-0.2, -0.15) is 13.2 Å². The Balaban J connectivity index is 2.81. The third-order valence-corrected chi connectivity index (χ3v) is 2.29. The number of amides is 1. The van der Waals surface area contributed by atoms with E-state index in [2.05, 4.69) is 0 Å². The third-order valence-electron chi connectivity index (χ3n) is 2.29. The van der Waals surface area contributed by atoms with Crippen molar-refractivity contribution in [2.24, 2.45) is 0 Å². The molecule has 7 heteroatoms. The first-order valence-electron chi connectivity index (χ1n) is 4.44. The van der Waals surface area contributed by atoms with Gasteiger partial charge in [-0.25, -0.2) is 4.79 Å². The predicted octanol–water partition coefficient (Wildman–Crippen LogP) is 1.01. The van der Waals surface area contributed by atoms with Gasteiger partial charge in [-0.05, 0) is 19.3 Å². The van der Waals surface area contributed by atoms with Gasteiger partial charge in [0.25, 0.3) is 0 Å². The number of piperidine rings is 1. The summed E-state index contributed by atoms with van der Waals surface area (Å²) >= 11 is 0. The van der Waals surface area contributed by atoms with E-state index in [-0.39, 0.29) is 13.0 Å². The van der Waals surface area contributed by atoms with Gasteiger partial charge < -0.3 is 10.0 Å². The highest BCUT2D eigenvalue weighted by molar-refractivity contribution is 5.87. The Hall–Kier alpha value is -1.27. The van der Waals surface area contributed by atoms with Crippen molar-refractivity contribution in [1.29, 1.82) is 0 Å². The van der Waals surface area contributed by atoms with E-state index < -0.39 is 24.1 Å². The number of carbonyl (C=O) groups is 2. The van der Waals surface area contributed by atoms with Crippen molar-refractivity contribution >= 4 is 11.9 Å². The number of halogens is 3. The molecule has 0 aromatic heterocycles. The molecule has 15 heavy (non-hydrogen) atoms. The minimum Gasteiger partial charge on any atom is -0.480 e. The number of rotatable bonds is 1. The number of carbonyl (C=O) groups excluding carboxylic acids is 1. The zero-order valence-electron chi connectivity index (χ0n) is 7.75. The number of nitrogens with zero attached hydrogens (tertiary/aromatic N) is 1. The van der Waals surface area contributed by atoms with Gasteiger partial charge in [0.15, 0.2) is 0 Å². The Morgan fingerprint density at radius 3 is 2.33 bits per heavy atom. The Labute approximate surface area is 83.7 Å². The van der Waals surface area contributed by atoms with Crippen molar-refractivity contribution in [2.75, 3.05) is 6.54 Å². The molecule has 1 aliphatic rings. The van der Waals surface area contributed by atoms with Gasteiger partial charge in [-0.15, -0.1) is 0 Å². The molecule has 1 unspecified atom stereocenters. The number of aliphatic carboxylic acids is 1. The lowest BCUT2D eigenvalue weighted by molar-refractivity contribution is -0.191. The summed E-state index contributed by atoms with van der Waals surface area (Å²) in [6.07, 6.45) is -3.98. The molecule has 1 N–H and O–H groups in total. The molecule has 0 radical (unpaired) electrons. The zero-order valence-corrected chi connectivity index (χ0v) is 7.75. The van der Waals surface area contributed by atoms with Crippen molar-refractivity contribution < 1.29 is 27.9 Å². The maximum atomic E-state index is 12.1. The van der Waals surface area contributed by atoms with E-state index in [0.29, 0.717) is 17.7 Å². The standard InChI is InChI=1S/C8H10F3NO3/c9-8(10,11)7(15)12-4-2-1-3-5(12)6(13)14/h5H,1-4H2,(H,13,14). The predicted molar refractivity (Wildman–Crippen MR) is 43.0 cm³/mol. The summed E-state index contributed by atoms with van der Waals surface area (Å²) in [5.74, 6) is -3.44. The largest absolute Gasteiger partial charge is 0.480 e. The molecule has 1 amide bonds. The van der Waals surface area contributed by atoms with Gasteiger partial charge in [-0.1, -0.05) is 0 Å². The Morgan fingerprint density at radius 2 is 1.87 bits per heavy atom. The smallest absolute Gasteiger partial charge is 0.471 e. The summed E-state index contributed by atoms with van der Waals surface area (Å²) in [4.78, 5) is 21.9. The van der Waals surface area contributed by atoms with Crippen LogP contribution in [-0.4, -0.2) is 40.6 Å². The first-order valence-corrected chi connectivity index (χ1v) is 4.44. The van der Waals surface area contributed by atoms with Crippen LogP contribution in [0.25, 0.3) is 0 Å². The highest BCUT2D eigenvalue weighted by Crippen LogP contribution is 2.25. The van der Waals surface area contributed by atoms with E-state index in [1.807, 2.05) is 0 Å². The first kappa shape index (κ1) is 11.8. The van der Waals surface area contributed by atoms with Gasteiger partial charge in [0.05, 0.1) is 0 Å². The van der Waals surface area contributed by atoms with Gasteiger partial charge in [0.1, 0.15) is 6.04 Å². The molecular formula is C8H10F3NO3. The number of hydrogen-bond donors (Lipinski definition) is 1. The van der Waals surface area contributed by atoms with Gasteiger partial charge >= 0.3 is 18.1 Å². The van der Waals surface area contributed by atoms with Gasteiger partial charge in [0.2, 0.25) is 0 Å². The van der Waals surface area contributed by atoms with Crippen LogP contribution in [0, 0.1) is 0 Å². The number of carboxylic acids is 1. The van der Waals surface area contributed by atoms with Crippen molar-refractivity contribution in [1.82, 2.24) is 4.90 Å². The van der Waals surface area contributed by atoms with E-state index >= 15 is 0 Å². The van der Waals surface area contributed by atoms with Crippen LogP contribution in [0.1, 0.15) is 19.3 Å². The van der Waals surface area contributed by atoms with Crippen molar-refractivity contribution in [3.63, 3.8) is 0 Å². The van der Waals surface area contributed by atoms with Crippen LogP contribution in [0.5, 0.6) is 0 Å². The SMILES string of the molecule is O=C(O)C1CCCCN1C(=O)C(F)(F)F. The average molecular weight is 225 g/mol. The van der Waals surface area contributed by atoms with Crippen LogP contribution >= 0.6 is 0 Å². The van der Waals surface area contributed by atoms with Crippen molar-refractivity contribution in [3.05, 3.63) is 0 Å². The molecule has 86 valence electrons. The van der Waals surface area contributed by atoms with Crippen LogP contribution in [0.15, 0.2) is 0 Å². The second-order valence-corrected chi connectivity index (χ2v) is 3.35. The van der Waals surface area contributed by atoms with Crippen LogP contribution in [0.2, 0.25) is 0 Å². The molecule has 0 aliphatic carbocycles. The highest BCUT2D eigenvalue weighted by atomic mass is 19.4. The summed E-state index contributed by atoms with van der Waals surface area (Å²) in [6.45, 7) is -0.144. The summed E-state index contributed by atoms with van der Waals surface area (Å²) in [5.41, 5.74) is 0. The van der Waals surface area contributed by atoms with Crippen molar-refractivity contribution in [3.8, 4) is 0 Å². The monoisotopic (exact) mass is 225 g/mol. The lowest BCUT2D eigenvalue weighted by Crippen LogP contribution is -2.52. The number of hydrogen-bond acceptors (Lipinski definition) is 2. The van der Waals surface area contributed by atoms with Crippen LogP contribution in [0.4, 0.5) is 13.2 Å². The van der Waals surface area contributed by atoms with Gasteiger partial charge in [-0.3, -0.25) is 4.79 Å². The van der Waals surface area contributed by atoms with Crippen LogP contribution in [-0.2, 0) is 9.59 Å². The first-order chi connectivity index (χ1) is 6.84. The lowest BCUT2D eigenvalue weighted by atomic mass is 10.0. The average Bonchev–Trinajstić information content (AvgIpc) is 2.15. The fraction of sp³-hybridized carbons (Fsp3) is 0.750. The molecule has 0 bridgehead atoms. The van der Waals surface area contributed by atoms with Crippen LogP contribution in [0.3, 0.4) is 0 Å². The molecular weight excluding hydrogens is 215 g/mol. The summed E-state index contributed by atoms with van der Waals surface area (Å²) in [7, 11) is 0. The Morgan fingerprint density at radius 1 is 1.27 bits per heavy atom. The quantitative estimate of drug-likeness (QED) is 0.724. The summed E-state index contributed by atoms with van der Waals surface area (Å²) in [5, 5.41) is 8.66. The van der Waals surface area contributed by atoms with E-state index in [1.54, 1.807) is 0 Å². The fourth-order valence-corrected chi connectivity index (χ4v) is 1.59. The second kappa shape index (κ2) is 4.08. The molecule has 1 rings (SSSR count). The summed E-state index contributed by atoms with van der Waals surface area (Å²) < 4.78 is 36.3. The molecule has 0 spiro atoms. The minimum atomic E-state index is -5.00. The third kappa shape index (κ3) is 2.60. The van der Waals surface area contributed by atoms with Crippen LogP contribution < -0.4 is 0 Å². The molecule has 1 fully saturated rings. The van der Waals surface area contributed by atoms with E-state index in [4.69, 9.17) is 5.11 Å². The number of likely N-dealkylation sites (tertiary alicyclic amines) is 1. The highest BCUT2D eigenvalue weighted by Gasteiger charge is 2.46. The number of alkyl halides is 3. The lowest BCUT2D eigenvalue weighted by Gasteiger charge is -2.33. The number of carboxylic acid groups (broad SMARTS) is 1. The van der Waals surface area contributed by atoms with Crippen molar-refractivity contribution in [2.45, 2.75) is 31.5 Å². The molecule has 0 aromatic rings. The molecule has 0 aromatic carbocycles. The summed E-state index contributed by atoms with van der Waals surface area (Å²) in [6, 6.07) is -1.34. The molecule has 0 saturated carbocycles. The zero-order chi connectivity index (χ0) is 11.6. The van der Waals surface area contributed by atoms with E-state index in [1.165, 1.54) is 0 Å².